The van der Waals surface area contributed by atoms with Gasteiger partial charge in [0.1, 0.15) is 0 Å². The molecule has 0 spiro atoms. The van der Waals surface area contributed by atoms with Crippen molar-refractivity contribution >= 4 is 98.2 Å². The minimum atomic E-state index is 1.07. The number of hydrogen-bond donors (Lipinski definition) is 0. The molecule has 0 aliphatic rings. The number of anilines is 6. The van der Waals surface area contributed by atoms with Gasteiger partial charge in [-0.05, 0) is 108 Å². The fourth-order valence-corrected chi connectivity index (χ4v) is 9.55. The van der Waals surface area contributed by atoms with Gasteiger partial charge in [0.15, 0.2) is 0 Å². The second-order valence-corrected chi connectivity index (χ2v) is 15.3. The Morgan fingerprint density at radius 2 is 0.857 bits per heavy atom. The summed E-state index contributed by atoms with van der Waals surface area (Å²) in [4.78, 5) is 4.76. The molecule has 3 nitrogen and oxygen atoms in total. The van der Waals surface area contributed by atoms with Crippen LogP contribution in [0.2, 0.25) is 0 Å². The number of hydrogen-bond acceptors (Lipinski definition) is 3. The number of nitrogens with zero attached hydrogens (tertiary/aromatic N) is 3. The van der Waals surface area contributed by atoms with Crippen molar-refractivity contribution in [3.05, 3.63) is 212 Å². The Bertz CT molecular complexity index is 3200. The average molecular weight is 734 g/mol. The van der Waals surface area contributed by atoms with Gasteiger partial charge >= 0.3 is 0 Å². The summed E-state index contributed by atoms with van der Waals surface area (Å²) in [5.41, 5.74) is 10.1. The lowest BCUT2D eigenvalue weighted by molar-refractivity contribution is 1.18. The molecule has 0 N–H and O–H groups in total. The van der Waals surface area contributed by atoms with Gasteiger partial charge in [-0.25, -0.2) is 0 Å². The van der Waals surface area contributed by atoms with Crippen LogP contribution in [0.5, 0.6) is 0 Å². The first kappa shape index (κ1) is 32.3. The van der Waals surface area contributed by atoms with Crippen LogP contribution in [-0.2, 0) is 0 Å². The molecule has 11 aromatic rings. The average Bonchev–Trinajstić information content (AvgIpc) is 3.81. The predicted octanol–water partition coefficient (Wildman–Crippen LogP) is 15.2. The zero-order chi connectivity index (χ0) is 37.0. The quantitative estimate of drug-likeness (QED) is 0.162. The molecule has 0 bridgehead atoms. The monoisotopic (exact) mass is 733 g/mol. The molecule has 0 radical (unpaired) electrons. The molecule has 2 heterocycles. The topological polar surface area (TPSA) is 11.4 Å². The minimum absolute atomic E-state index is 1.07. The summed E-state index contributed by atoms with van der Waals surface area (Å²) < 4.78 is 4.99. The standard InChI is InChI=1S/C52H35N3S/c1-4-16-37(17-5-1)53(42-29-32-50-47(34-42)52-44-24-11-10-15-36(44)27-31-51(52)56-50)40-22-14-23-41(33-40)54(38-18-6-2-7-19-38)43-28-30-46-45-25-12-13-26-48(45)55(49(46)35-43)39-20-8-3-9-21-39/h1-35H. The second kappa shape index (κ2) is 13.3. The summed E-state index contributed by atoms with van der Waals surface area (Å²) >= 11 is 1.86. The van der Waals surface area contributed by atoms with Crippen molar-refractivity contribution in [2.75, 3.05) is 9.80 Å². The summed E-state index contributed by atoms with van der Waals surface area (Å²) in [6.45, 7) is 0. The van der Waals surface area contributed by atoms with E-state index in [1.54, 1.807) is 0 Å². The van der Waals surface area contributed by atoms with Gasteiger partial charge in [0.2, 0.25) is 0 Å². The van der Waals surface area contributed by atoms with Crippen LogP contribution < -0.4 is 9.80 Å². The maximum absolute atomic E-state index is 2.39. The summed E-state index contributed by atoms with van der Waals surface area (Å²) in [5.74, 6) is 0. The first-order chi connectivity index (χ1) is 27.8. The molecule has 0 fully saturated rings. The van der Waals surface area contributed by atoms with Crippen molar-refractivity contribution in [2.45, 2.75) is 0 Å². The Morgan fingerprint density at radius 1 is 0.321 bits per heavy atom. The molecule has 11 rings (SSSR count). The summed E-state index contributed by atoms with van der Waals surface area (Å²) in [6.07, 6.45) is 0. The van der Waals surface area contributed by atoms with E-state index in [4.69, 9.17) is 0 Å². The Kier molecular flexibility index (Phi) is 7.68. The highest BCUT2D eigenvalue weighted by Crippen LogP contribution is 2.45. The van der Waals surface area contributed by atoms with Gasteiger partial charge in [-0.3, -0.25) is 0 Å². The normalized spacial score (nSPS) is 11.6. The van der Waals surface area contributed by atoms with Gasteiger partial charge in [-0.2, -0.15) is 0 Å². The maximum atomic E-state index is 2.39. The van der Waals surface area contributed by atoms with Crippen molar-refractivity contribution < 1.29 is 0 Å². The van der Waals surface area contributed by atoms with Crippen molar-refractivity contribution in [3.8, 4) is 5.69 Å². The summed E-state index contributed by atoms with van der Waals surface area (Å²) in [5, 5.41) is 7.64. The zero-order valence-electron chi connectivity index (χ0n) is 30.5. The predicted molar refractivity (Wildman–Crippen MR) is 241 cm³/mol. The molecule has 0 amide bonds. The van der Waals surface area contributed by atoms with E-state index in [0.717, 1.165) is 39.8 Å². The Morgan fingerprint density at radius 3 is 1.59 bits per heavy atom. The molecule has 264 valence electrons. The Balaban J connectivity index is 1.10. The van der Waals surface area contributed by atoms with Gasteiger partial charge < -0.3 is 14.4 Å². The smallest absolute Gasteiger partial charge is 0.0561 e. The molecular weight excluding hydrogens is 699 g/mol. The Hall–Kier alpha value is -7.14. The van der Waals surface area contributed by atoms with Crippen molar-refractivity contribution in [3.63, 3.8) is 0 Å². The maximum Gasteiger partial charge on any atom is 0.0561 e. The highest BCUT2D eigenvalue weighted by Gasteiger charge is 2.20. The highest BCUT2D eigenvalue weighted by molar-refractivity contribution is 7.26. The van der Waals surface area contributed by atoms with Crippen LogP contribution in [0, 0.1) is 0 Å². The van der Waals surface area contributed by atoms with Crippen LogP contribution in [-0.4, -0.2) is 4.57 Å². The molecule has 0 aliphatic carbocycles. The van der Waals surface area contributed by atoms with Gasteiger partial charge in [0.05, 0.1) is 11.0 Å². The van der Waals surface area contributed by atoms with E-state index < -0.39 is 0 Å². The summed E-state index contributed by atoms with van der Waals surface area (Å²) in [7, 11) is 0. The fourth-order valence-electron chi connectivity index (χ4n) is 8.45. The van der Waals surface area contributed by atoms with Gasteiger partial charge in [-0.1, -0.05) is 115 Å². The molecule has 2 aromatic heterocycles. The van der Waals surface area contributed by atoms with Crippen LogP contribution in [0.4, 0.5) is 34.1 Å². The van der Waals surface area contributed by atoms with Crippen molar-refractivity contribution in [2.24, 2.45) is 0 Å². The van der Waals surface area contributed by atoms with Crippen LogP contribution in [0.3, 0.4) is 0 Å². The molecular formula is C52H35N3S. The Labute approximate surface area is 329 Å². The second-order valence-electron chi connectivity index (χ2n) is 14.2. The van der Waals surface area contributed by atoms with E-state index >= 15 is 0 Å². The van der Waals surface area contributed by atoms with E-state index in [2.05, 4.69) is 227 Å². The van der Waals surface area contributed by atoms with Crippen molar-refractivity contribution in [1.82, 2.24) is 4.57 Å². The molecule has 56 heavy (non-hydrogen) atoms. The lowest BCUT2D eigenvalue weighted by Crippen LogP contribution is -2.13. The van der Waals surface area contributed by atoms with Crippen LogP contribution in [0.15, 0.2) is 212 Å². The van der Waals surface area contributed by atoms with Crippen LogP contribution in [0.25, 0.3) is 58.4 Å². The first-order valence-electron chi connectivity index (χ1n) is 19.0. The number of para-hydroxylation sites is 4. The van der Waals surface area contributed by atoms with Gasteiger partial charge in [0, 0.05) is 70.8 Å². The zero-order valence-corrected chi connectivity index (χ0v) is 31.3. The highest BCUT2D eigenvalue weighted by atomic mass is 32.1. The van der Waals surface area contributed by atoms with Gasteiger partial charge in [-0.15, -0.1) is 11.3 Å². The lowest BCUT2D eigenvalue weighted by atomic mass is 10.0. The number of aromatic nitrogens is 1. The molecule has 0 unspecified atom stereocenters. The number of benzene rings is 9. The molecule has 9 aromatic carbocycles. The largest absolute Gasteiger partial charge is 0.310 e. The SMILES string of the molecule is c1ccc(N(c2cccc(N(c3ccccc3)c3ccc4c5ccccc5n(-c5ccccc5)c4c3)c2)c2ccc3sc4ccc5ccccc5c4c3c2)cc1. The van der Waals surface area contributed by atoms with Crippen molar-refractivity contribution in [1.29, 1.82) is 0 Å². The van der Waals surface area contributed by atoms with Crippen LogP contribution in [0.1, 0.15) is 0 Å². The van der Waals surface area contributed by atoms with Crippen LogP contribution >= 0.6 is 11.3 Å². The fraction of sp³-hybridized carbons (Fsp3) is 0. The van der Waals surface area contributed by atoms with E-state index in [1.807, 2.05) is 11.3 Å². The number of fused-ring (bicyclic) bond motifs is 8. The molecule has 0 atom stereocenters. The summed E-state index contributed by atoms with van der Waals surface area (Å²) in [6, 6.07) is 76.8. The molecule has 0 aliphatic heterocycles. The van der Waals surface area contributed by atoms with Gasteiger partial charge in [0.25, 0.3) is 0 Å². The van der Waals surface area contributed by atoms with E-state index in [9.17, 15) is 0 Å². The third-order valence-corrected chi connectivity index (χ3v) is 12.0. The first-order valence-corrected chi connectivity index (χ1v) is 19.8. The number of rotatable bonds is 7. The lowest BCUT2D eigenvalue weighted by Gasteiger charge is -2.29. The van der Waals surface area contributed by atoms with E-state index in [0.29, 0.717) is 0 Å². The molecule has 4 heteroatoms. The third kappa shape index (κ3) is 5.34. The van der Waals surface area contributed by atoms with E-state index in [-0.39, 0.29) is 0 Å². The van der Waals surface area contributed by atoms with E-state index in [1.165, 1.54) is 52.8 Å². The molecule has 0 saturated carbocycles. The third-order valence-electron chi connectivity index (χ3n) is 10.9. The molecule has 0 saturated heterocycles. The minimum Gasteiger partial charge on any atom is -0.310 e. The number of thiophene rings is 1.